The van der Waals surface area contributed by atoms with Crippen molar-refractivity contribution in [3.63, 3.8) is 0 Å². The van der Waals surface area contributed by atoms with Crippen LogP contribution in [-0.2, 0) is 0 Å². The van der Waals surface area contributed by atoms with Gasteiger partial charge in [0.15, 0.2) is 17.5 Å². The molecule has 0 fully saturated rings. The molecule has 0 unspecified atom stereocenters. The van der Waals surface area contributed by atoms with E-state index in [0.29, 0.717) is 17.5 Å². The molecular formula is C53H31N5. The second-order valence-corrected chi connectivity index (χ2v) is 15.2. The van der Waals surface area contributed by atoms with Crippen molar-refractivity contribution >= 4 is 65.2 Å². The van der Waals surface area contributed by atoms with Crippen LogP contribution in [0.25, 0.3) is 122 Å². The number of rotatable bonds is 5. The molecule has 5 nitrogen and oxygen atoms in total. The molecule has 9 aromatic carbocycles. The third kappa shape index (κ3) is 4.33. The molecule has 0 spiro atoms. The molecule has 0 saturated carbocycles. The summed E-state index contributed by atoms with van der Waals surface area (Å²) in [6.45, 7) is 0. The first-order valence-corrected chi connectivity index (χ1v) is 19.7. The largest absolute Gasteiger partial charge is 0.309 e. The van der Waals surface area contributed by atoms with Gasteiger partial charge in [-0.05, 0) is 70.4 Å². The second-order valence-electron chi connectivity index (χ2n) is 15.2. The Morgan fingerprint density at radius 2 is 0.828 bits per heavy atom. The number of fused-ring (bicyclic) bond motifs is 2. The van der Waals surface area contributed by atoms with Crippen molar-refractivity contribution in [2.45, 2.75) is 0 Å². The number of benzene rings is 9. The normalized spacial score (nSPS) is 12.1. The molecule has 1 aliphatic rings. The molecule has 5 heteroatoms. The zero-order valence-electron chi connectivity index (χ0n) is 31.1. The smallest absolute Gasteiger partial charge is 0.164 e. The van der Waals surface area contributed by atoms with Crippen LogP contribution in [0.4, 0.5) is 0 Å². The molecule has 58 heavy (non-hydrogen) atoms. The molecular weight excluding hydrogens is 707 g/mol. The van der Waals surface area contributed by atoms with E-state index in [9.17, 15) is 0 Å². The number of aromatic nitrogens is 5. The van der Waals surface area contributed by atoms with Crippen LogP contribution in [0.1, 0.15) is 0 Å². The summed E-state index contributed by atoms with van der Waals surface area (Å²) in [5.41, 5.74) is 12.6. The van der Waals surface area contributed by atoms with Crippen molar-refractivity contribution in [2.24, 2.45) is 0 Å². The fraction of sp³-hybridized carbons (Fsp3) is 0. The van der Waals surface area contributed by atoms with Crippen LogP contribution in [0.5, 0.6) is 0 Å². The molecule has 0 atom stereocenters. The van der Waals surface area contributed by atoms with Gasteiger partial charge in [-0.25, -0.2) is 15.0 Å². The van der Waals surface area contributed by atoms with Gasteiger partial charge < -0.3 is 9.13 Å². The Balaban J connectivity index is 1.06. The summed E-state index contributed by atoms with van der Waals surface area (Å²) in [5.74, 6) is 1.95. The maximum atomic E-state index is 5.04. The van der Waals surface area contributed by atoms with Crippen molar-refractivity contribution in [3.8, 4) is 56.7 Å². The minimum absolute atomic E-state index is 0.645. The lowest BCUT2D eigenvalue weighted by atomic mass is 9.98. The summed E-state index contributed by atoms with van der Waals surface area (Å²) in [7, 11) is 0. The van der Waals surface area contributed by atoms with Crippen LogP contribution in [0.3, 0.4) is 0 Å². The Labute approximate surface area is 332 Å². The van der Waals surface area contributed by atoms with E-state index in [1.165, 1.54) is 71.2 Å². The highest BCUT2D eigenvalue weighted by Gasteiger charge is 2.27. The highest BCUT2D eigenvalue weighted by atomic mass is 15.0. The monoisotopic (exact) mass is 737 g/mol. The van der Waals surface area contributed by atoms with E-state index in [4.69, 9.17) is 15.0 Å². The van der Waals surface area contributed by atoms with Crippen molar-refractivity contribution in [1.82, 2.24) is 24.1 Å². The molecule has 268 valence electrons. The third-order valence-corrected chi connectivity index (χ3v) is 12.1. The zero-order chi connectivity index (χ0) is 37.9. The first kappa shape index (κ1) is 31.3. The van der Waals surface area contributed by atoms with Gasteiger partial charge in [0.2, 0.25) is 0 Å². The predicted molar refractivity (Wildman–Crippen MR) is 239 cm³/mol. The van der Waals surface area contributed by atoms with E-state index in [1.807, 2.05) is 60.7 Å². The molecule has 3 heterocycles. The fourth-order valence-electron chi connectivity index (χ4n) is 9.61. The summed E-state index contributed by atoms with van der Waals surface area (Å²) in [4.78, 5) is 15.0. The molecule has 3 aromatic heterocycles. The van der Waals surface area contributed by atoms with Gasteiger partial charge in [-0.15, -0.1) is 0 Å². The van der Waals surface area contributed by atoms with Crippen LogP contribution in [0, 0.1) is 0 Å². The van der Waals surface area contributed by atoms with Gasteiger partial charge in [-0.3, -0.25) is 0 Å². The van der Waals surface area contributed by atoms with E-state index in [1.54, 1.807) is 0 Å². The molecule has 0 bridgehead atoms. The minimum atomic E-state index is 0.645. The minimum Gasteiger partial charge on any atom is -0.309 e. The zero-order valence-corrected chi connectivity index (χ0v) is 31.1. The van der Waals surface area contributed by atoms with Crippen molar-refractivity contribution < 1.29 is 0 Å². The summed E-state index contributed by atoms with van der Waals surface area (Å²) in [5, 5.41) is 10.1. The molecule has 0 amide bonds. The van der Waals surface area contributed by atoms with Crippen LogP contribution < -0.4 is 0 Å². The van der Waals surface area contributed by atoms with E-state index in [-0.39, 0.29) is 0 Å². The highest BCUT2D eigenvalue weighted by molar-refractivity contribution is 6.38. The molecule has 0 radical (unpaired) electrons. The fourth-order valence-corrected chi connectivity index (χ4v) is 9.61. The van der Waals surface area contributed by atoms with Crippen LogP contribution in [-0.4, -0.2) is 24.1 Å². The first-order chi connectivity index (χ1) is 28.8. The van der Waals surface area contributed by atoms with Crippen molar-refractivity contribution in [2.75, 3.05) is 0 Å². The molecule has 0 saturated heterocycles. The average Bonchev–Trinajstić information content (AvgIpc) is 3.78. The van der Waals surface area contributed by atoms with Gasteiger partial charge in [0.05, 0.1) is 27.8 Å². The van der Waals surface area contributed by atoms with Crippen molar-refractivity contribution in [3.05, 3.63) is 188 Å². The molecule has 12 aromatic rings. The standard InChI is InChI=1S/C53H31N5/c1-4-13-33(14-5-1)51-54-52(34-15-6-2-7-16-34)56-53(55-51)36-25-28-38-35(31-36)17-10-22-41(38)58-43-24-12-21-40-39-20-11-23-42-47(39)49-44(57(42)37-18-8-3-9-19-37)29-26-32-27-30-45(58)50(46(32)49)48(40)43/h1-31H. The highest BCUT2D eigenvalue weighted by Crippen LogP contribution is 2.51. The van der Waals surface area contributed by atoms with Gasteiger partial charge >= 0.3 is 0 Å². The number of hydrogen-bond acceptors (Lipinski definition) is 3. The van der Waals surface area contributed by atoms with Crippen molar-refractivity contribution in [1.29, 1.82) is 0 Å². The topological polar surface area (TPSA) is 48.5 Å². The van der Waals surface area contributed by atoms with E-state index < -0.39 is 0 Å². The van der Waals surface area contributed by atoms with Crippen LogP contribution in [0.2, 0.25) is 0 Å². The van der Waals surface area contributed by atoms with Crippen LogP contribution >= 0.6 is 0 Å². The summed E-state index contributed by atoms with van der Waals surface area (Å²) < 4.78 is 4.92. The molecule has 0 aliphatic heterocycles. The Bertz CT molecular complexity index is 3600. The Hall–Kier alpha value is -7.89. The lowest BCUT2D eigenvalue weighted by Crippen LogP contribution is -2.00. The molecule has 0 N–H and O–H groups in total. The Morgan fingerprint density at radius 1 is 0.310 bits per heavy atom. The lowest BCUT2D eigenvalue weighted by Gasteiger charge is -2.14. The van der Waals surface area contributed by atoms with Gasteiger partial charge in [0, 0.05) is 54.7 Å². The van der Waals surface area contributed by atoms with E-state index in [0.717, 1.165) is 33.2 Å². The molecule has 1 aliphatic carbocycles. The number of nitrogens with zero attached hydrogens (tertiary/aromatic N) is 5. The van der Waals surface area contributed by atoms with Gasteiger partial charge in [0.1, 0.15) is 0 Å². The number of hydrogen-bond donors (Lipinski definition) is 0. The summed E-state index contributed by atoms with van der Waals surface area (Å²) in [6.07, 6.45) is 0. The predicted octanol–water partition coefficient (Wildman–Crippen LogP) is 13.4. The third-order valence-electron chi connectivity index (χ3n) is 12.1. The van der Waals surface area contributed by atoms with E-state index in [2.05, 4.69) is 137 Å². The maximum Gasteiger partial charge on any atom is 0.164 e. The quantitative estimate of drug-likeness (QED) is 0.177. The molecule has 13 rings (SSSR count). The average molecular weight is 738 g/mol. The van der Waals surface area contributed by atoms with E-state index >= 15 is 0 Å². The Kier molecular flexibility index (Phi) is 6.38. The van der Waals surface area contributed by atoms with Gasteiger partial charge in [-0.1, -0.05) is 140 Å². The SMILES string of the molecule is c1ccc(-c2nc(-c3ccccc3)nc(-c3ccc4c(-n5c6cccc7c6c6c8c(ccc9c8c8c-7cccc8n9-c7ccccc7)ccc65)cccc4c3)n2)cc1. The van der Waals surface area contributed by atoms with Gasteiger partial charge in [0.25, 0.3) is 0 Å². The number of para-hydroxylation sites is 1. The summed E-state index contributed by atoms with van der Waals surface area (Å²) >= 11 is 0. The Morgan fingerprint density at radius 3 is 1.45 bits per heavy atom. The lowest BCUT2D eigenvalue weighted by molar-refractivity contribution is 1.07. The second kappa shape index (κ2) is 11.8. The summed E-state index contributed by atoms with van der Waals surface area (Å²) in [6, 6.07) is 67.2. The van der Waals surface area contributed by atoms with Crippen LogP contribution in [0.15, 0.2) is 188 Å². The maximum absolute atomic E-state index is 5.04. The first-order valence-electron chi connectivity index (χ1n) is 19.7. The van der Waals surface area contributed by atoms with Gasteiger partial charge in [-0.2, -0.15) is 0 Å².